The molecule has 0 fully saturated rings. The summed E-state index contributed by atoms with van der Waals surface area (Å²) in [5, 5.41) is 7.14. The first-order valence-electron chi connectivity index (χ1n) is 6.56. The lowest BCUT2D eigenvalue weighted by atomic mass is 10.1. The molecule has 4 heteroatoms. The Hall–Kier alpha value is -1.94. The number of hydrogen-bond donors (Lipinski definition) is 2. The second kappa shape index (κ2) is 6.29. The molecular formula is C15H19N3O. The summed E-state index contributed by atoms with van der Waals surface area (Å²) in [4.78, 5) is 16.0. The van der Waals surface area contributed by atoms with Crippen LogP contribution in [-0.4, -0.2) is 23.5 Å². The lowest BCUT2D eigenvalue weighted by Crippen LogP contribution is -2.41. The summed E-state index contributed by atoms with van der Waals surface area (Å²) in [7, 11) is 0. The van der Waals surface area contributed by atoms with Crippen LogP contribution < -0.4 is 10.6 Å². The minimum Gasteiger partial charge on any atom is -0.355 e. The second-order valence-electron chi connectivity index (χ2n) is 4.49. The molecule has 100 valence electrons. The Bertz CT molecular complexity index is 563. The Labute approximate surface area is 113 Å². The van der Waals surface area contributed by atoms with Gasteiger partial charge in [0.25, 0.3) is 0 Å². The Morgan fingerprint density at radius 3 is 2.89 bits per heavy atom. The number of pyridine rings is 1. The van der Waals surface area contributed by atoms with Gasteiger partial charge in [-0.1, -0.05) is 24.3 Å². The Morgan fingerprint density at radius 1 is 1.32 bits per heavy atom. The lowest BCUT2D eigenvalue weighted by Gasteiger charge is -2.14. The number of carbonyl (C=O) groups excluding carboxylic acids is 1. The van der Waals surface area contributed by atoms with Crippen LogP contribution in [0.4, 0.5) is 0 Å². The van der Waals surface area contributed by atoms with Crippen molar-refractivity contribution >= 4 is 16.8 Å². The van der Waals surface area contributed by atoms with Gasteiger partial charge in [-0.2, -0.15) is 0 Å². The SMILES string of the molecule is CCNC(=O)C(C)NCc1cccc2cccnc12. The molecule has 0 spiro atoms. The number of carbonyl (C=O) groups is 1. The van der Waals surface area contributed by atoms with Gasteiger partial charge in [0, 0.05) is 24.7 Å². The fraction of sp³-hybridized carbons (Fsp3) is 0.333. The molecule has 0 bridgehead atoms. The fourth-order valence-corrected chi connectivity index (χ4v) is 1.99. The summed E-state index contributed by atoms with van der Waals surface area (Å²) in [6.07, 6.45) is 1.79. The van der Waals surface area contributed by atoms with Gasteiger partial charge < -0.3 is 10.6 Å². The summed E-state index contributed by atoms with van der Waals surface area (Å²) in [5.74, 6) is 0.0238. The number of likely N-dealkylation sites (N-methyl/N-ethyl adjacent to an activating group) is 1. The number of fused-ring (bicyclic) bond motifs is 1. The van der Waals surface area contributed by atoms with E-state index in [1.54, 1.807) is 6.20 Å². The second-order valence-corrected chi connectivity index (χ2v) is 4.49. The van der Waals surface area contributed by atoms with Crippen LogP contribution in [0, 0.1) is 0 Å². The third kappa shape index (κ3) is 3.29. The largest absolute Gasteiger partial charge is 0.355 e. The highest BCUT2D eigenvalue weighted by Gasteiger charge is 2.11. The quantitative estimate of drug-likeness (QED) is 0.859. The first-order chi connectivity index (χ1) is 9.22. The zero-order valence-corrected chi connectivity index (χ0v) is 11.3. The first-order valence-corrected chi connectivity index (χ1v) is 6.56. The molecule has 2 rings (SSSR count). The van der Waals surface area contributed by atoms with Crippen molar-refractivity contribution in [1.29, 1.82) is 0 Å². The molecule has 1 aromatic heterocycles. The zero-order chi connectivity index (χ0) is 13.7. The molecule has 1 aromatic carbocycles. The molecule has 2 aromatic rings. The van der Waals surface area contributed by atoms with Crippen molar-refractivity contribution < 1.29 is 4.79 Å². The van der Waals surface area contributed by atoms with Crippen molar-refractivity contribution in [2.75, 3.05) is 6.54 Å². The lowest BCUT2D eigenvalue weighted by molar-refractivity contribution is -0.122. The predicted octanol–water partition coefficient (Wildman–Crippen LogP) is 1.85. The van der Waals surface area contributed by atoms with E-state index in [9.17, 15) is 4.79 Å². The van der Waals surface area contributed by atoms with Gasteiger partial charge in [0.1, 0.15) is 0 Å². The molecule has 0 aliphatic carbocycles. The van der Waals surface area contributed by atoms with E-state index in [4.69, 9.17) is 0 Å². The maximum absolute atomic E-state index is 11.6. The highest BCUT2D eigenvalue weighted by Crippen LogP contribution is 2.15. The van der Waals surface area contributed by atoms with Crippen molar-refractivity contribution in [3.8, 4) is 0 Å². The number of hydrogen-bond acceptors (Lipinski definition) is 3. The normalized spacial score (nSPS) is 12.3. The van der Waals surface area contributed by atoms with E-state index < -0.39 is 0 Å². The average molecular weight is 257 g/mol. The molecule has 0 saturated heterocycles. The number of amides is 1. The van der Waals surface area contributed by atoms with Crippen molar-refractivity contribution in [1.82, 2.24) is 15.6 Å². The van der Waals surface area contributed by atoms with Crippen LogP contribution in [0.2, 0.25) is 0 Å². The Kier molecular flexibility index (Phi) is 4.47. The molecular weight excluding hydrogens is 238 g/mol. The fourth-order valence-electron chi connectivity index (χ4n) is 1.99. The number of para-hydroxylation sites is 1. The summed E-state index contributed by atoms with van der Waals surface area (Å²) < 4.78 is 0. The third-order valence-corrected chi connectivity index (χ3v) is 3.06. The monoisotopic (exact) mass is 257 g/mol. The maximum Gasteiger partial charge on any atom is 0.236 e. The molecule has 1 unspecified atom stereocenters. The average Bonchev–Trinajstić information content (AvgIpc) is 2.45. The van der Waals surface area contributed by atoms with Crippen molar-refractivity contribution in [2.45, 2.75) is 26.4 Å². The standard InChI is InChI=1S/C15H19N3O/c1-3-16-15(19)11(2)18-10-13-7-4-6-12-8-5-9-17-14(12)13/h4-9,11,18H,3,10H2,1-2H3,(H,16,19). The predicted molar refractivity (Wildman–Crippen MR) is 76.7 cm³/mol. The zero-order valence-electron chi connectivity index (χ0n) is 11.3. The van der Waals surface area contributed by atoms with Crippen LogP contribution in [0.15, 0.2) is 36.5 Å². The van der Waals surface area contributed by atoms with E-state index in [0.717, 1.165) is 16.5 Å². The van der Waals surface area contributed by atoms with Crippen LogP contribution in [0.5, 0.6) is 0 Å². The molecule has 2 N–H and O–H groups in total. The number of aromatic nitrogens is 1. The van der Waals surface area contributed by atoms with Gasteiger partial charge in [-0.3, -0.25) is 9.78 Å². The number of nitrogens with one attached hydrogen (secondary N) is 2. The molecule has 0 aliphatic heterocycles. The third-order valence-electron chi connectivity index (χ3n) is 3.06. The van der Waals surface area contributed by atoms with Crippen LogP contribution in [-0.2, 0) is 11.3 Å². The Morgan fingerprint density at radius 2 is 2.11 bits per heavy atom. The number of nitrogens with zero attached hydrogens (tertiary/aromatic N) is 1. The van der Waals surface area contributed by atoms with E-state index in [0.29, 0.717) is 13.1 Å². The first kappa shape index (κ1) is 13.5. The van der Waals surface area contributed by atoms with E-state index >= 15 is 0 Å². The molecule has 1 atom stereocenters. The molecule has 0 saturated carbocycles. The van der Waals surface area contributed by atoms with Crippen LogP contribution in [0.25, 0.3) is 10.9 Å². The van der Waals surface area contributed by atoms with Gasteiger partial charge in [0.05, 0.1) is 11.6 Å². The van der Waals surface area contributed by atoms with Crippen LogP contribution in [0.1, 0.15) is 19.4 Å². The van der Waals surface area contributed by atoms with Gasteiger partial charge in [-0.05, 0) is 25.5 Å². The summed E-state index contributed by atoms with van der Waals surface area (Å²) in [6.45, 7) is 5.07. The summed E-state index contributed by atoms with van der Waals surface area (Å²) in [6, 6.07) is 9.85. The van der Waals surface area contributed by atoms with Crippen LogP contribution in [0.3, 0.4) is 0 Å². The van der Waals surface area contributed by atoms with Gasteiger partial charge >= 0.3 is 0 Å². The molecule has 1 heterocycles. The van der Waals surface area contributed by atoms with Crippen molar-refractivity contribution in [3.63, 3.8) is 0 Å². The molecule has 0 aliphatic rings. The summed E-state index contributed by atoms with van der Waals surface area (Å²) in [5.41, 5.74) is 2.09. The smallest absolute Gasteiger partial charge is 0.236 e. The highest BCUT2D eigenvalue weighted by atomic mass is 16.2. The van der Waals surface area contributed by atoms with Crippen molar-refractivity contribution in [3.05, 3.63) is 42.1 Å². The minimum atomic E-state index is -0.209. The minimum absolute atomic E-state index is 0.0238. The molecule has 4 nitrogen and oxygen atoms in total. The molecule has 0 radical (unpaired) electrons. The van der Waals surface area contributed by atoms with Gasteiger partial charge in [0.15, 0.2) is 0 Å². The number of rotatable bonds is 5. The van der Waals surface area contributed by atoms with Gasteiger partial charge in [-0.15, -0.1) is 0 Å². The van der Waals surface area contributed by atoms with E-state index in [1.165, 1.54) is 0 Å². The molecule has 19 heavy (non-hydrogen) atoms. The van der Waals surface area contributed by atoms with E-state index in [-0.39, 0.29) is 11.9 Å². The maximum atomic E-state index is 11.6. The number of benzene rings is 1. The highest BCUT2D eigenvalue weighted by molar-refractivity contribution is 5.82. The van der Waals surface area contributed by atoms with Crippen LogP contribution >= 0.6 is 0 Å². The summed E-state index contributed by atoms with van der Waals surface area (Å²) >= 11 is 0. The van der Waals surface area contributed by atoms with Gasteiger partial charge in [-0.25, -0.2) is 0 Å². The molecule has 1 amide bonds. The van der Waals surface area contributed by atoms with Gasteiger partial charge in [0.2, 0.25) is 5.91 Å². The van der Waals surface area contributed by atoms with E-state index in [2.05, 4.69) is 15.6 Å². The topological polar surface area (TPSA) is 54.0 Å². The Balaban J connectivity index is 2.08. The van der Waals surface area contributed by atoms with E-state index in [1.807, 2.05) is 44.2 Å². The van der Waals surface area contributed by atoms with Crippen molar-refractivity contribution in [2.24, 2.45) is 0 Å².